The Labute approximate surface area is 81.6 Å². The minimum Gasteiger partial charge on any atom is -0.481 e. The molecule has 0 aliphatic rings. The molecule has 0 amide bonds. The average Bonchev–Trinajstić information content (AvgIpc) is 2.18. The molecule has 0 aromatic carbocycles. The van der Waals surface area contributed by atoms with Crippen molar-refractivity contribution in [3.8, 4) is 0 Å². The summed E-state index contributed by atoms with van der Waals surface area (Å²) in [5.41, 5.74) is 0. The van der Waals surface area contributed by atoms with Crippen LogP contribution in [0.15, 0.2) is 12.4 Å². The van der Waals surface area contributed by atoms with Crippen molar-refractivity contribution in [2.75, 3.05) is 18.5 Å². The first-order chi connectivity index (χ1) is 6.70. The van der Waals surface area contributed by atoms with Crippen LogP contribution in [0.1, 0.15) is 12.8 Å². The topological polar surface area (TPSA) is 79.2 Å². The SMILES string of the molecule is CN(CCCC(=O)O)c1nccnn1. The second-order valence-electron chi connectivity index (χ2n) is 2.86. The Bertz CT molecular complexity index is 291. The van der Waals surface area contributed by atoms with Crippen molar-refractivity contribution in [2.24, 2.45) is 0 Å². The lowest BCUT2D eigenvalue weighted by Gasteiger charge is -2.14. The highest BCUT2D eigenvalue weighted by Crippen LogP contribution is 2.02. The van der Waals surface area contributed by atoms with E-state index in [9.17, 15) is 4.79 Å². The molecule has 76 valence electrons. The van der Waals surface area contributed by atoms with Gasteiger partial charge in [-0.1, -0.05) is 0 Å². The molecular weight excluding hydrogens is 184 g/mol. The van der Waals surface area contributed by atoms with Crippen LogP contribution < -0.4 is 4.90 Å². The van der Waals surface area contributed by atoms with Gasteiger partial charge in [0.05, 0.1) is 12.4 Å². The first-order valence-corrected chi connectivity index (χ1v) is 4.27. The predicted octanol–water partition coefficient (Wildman–Crippen LogP) is 0.173. The molecule has 14 heavy (non-hydrogen) atoms. The van der Waals surface area contributed by atoms with E-state index in [0.29, 0.717) is 18.9 Å². The molecule has 0 saturated carbocycles. The molecule has 0 bridgehead atoms. The van der Waals surface area contributed by atoms with Crippen LogP contribution in [0.4, 0.5) is 5.95 Å². The number of carbonyl (C=O) groups is 1. The lowest BCUT2D eigenvalue weighted by molar-refractivity contribution is -0.137. The van der Waals surface area contributed by atoms with E-state index in [1.165, 1.54) is 6.20 Å². The van der Waals surface area contributed by atoms with E-state index in [2.05, 4.69) is 15.2 Å². The molecule has 0 aliphatic carbocycles. The van der Waals surface area contributed by atoms with Gasteiger partial charge >= 0.3 is 5.97 Å². The van der Waals surface area contributed by atoms with Crippen LogP contribution in [0, 0.1) is 0 Å². The normalized spacial score (nSPS) is 9.79. The molecule has 0 atom stereocenters. The monoisotopic (exact) mass is 196 g/mol. The van der Waals surface area contributed by atoms with E-state index in [-0.39, 0.29) is 6.42 Å². The summed E-state index contributed by atoms with van der Waals surface area (Å²) in [6.07, 6.45) is 3.78. The second-order valence-corrected chi connectivity index (χ2v) is 2.86. The Morgan fingerprint density at radius 2 is 2.36 bits per heavy atom. The van der Waals surface area contributed by atoms with Crippen molar-refractivity contribution in [3.05, 3.63) is 12.4 Å². The van der Waals surface area contributed by atoms with Gasteiger partial charge in [0.1, 0.15) is 0 Å². The van der Waals surface area contributed by atoms with E-state index in [1.54, 1.807) is 18.1 Å². The van der Waals surface area contributed by atoms with Crippen molar-refractivity contribution in [2.45, 2.75) is 12.8 Å². The van der Waals surface area contributed by atoms with Crippen LogP contribution in [-0.4, -0.2) is 39.8 Å². The van der Waals surface area contributed by atoms with Crippen molar-refractivity contribution < 1.29 is 9.90 Å². The highest BCUT2D eigenvalue weighted by molar-refractivity contribution is 5.66. The molecule has 0 fully saturated rings. The Morgan fingerprint density at radius 1 is 1.57 bits per heavy atom. The summed E-state index contributed by atoms with van der Waals surface area (Å²) in [5.74, 6) is -0.275. The zero-order valence-electron chi connectivity index (χ0n) is 7.92. The van der Waals surface area contributed by atoms with Crippen molar-refractivity contribution in [1.29, 1.82) is 0 Å². The average molecular weight is 196 g/mol. The van der Waals surface area contributed by atoms with Crippen LogP contribution in [-0.2, 0) is 4.79 Å². The Hall–Kier alpha value is -1.72. The summed E-state index contributed by atoms with van der Waals surface area (Å²) >= 11 is 0. The summed E-state index contributed by atoms with van der Waals surface area (Å²) in [7, 11) is 1.80. The number of carboxylic acids is 1. The van der Waals surface area contributed by atoms with Gasteiger partial charge in [0, 0.05) is 20.0 Å². The maximum atomic E-state index is 10.3. The zero-order chi connectivity index (χ0) is 10.4. The highest BCUT2D eigenvalue weighted by atomic mass is 16.4. The van der Waals surface area contributed by atoms with Gasteiger partial charge in [-0.05, 0) is 6.42 Å². The number of hydrogen-bond donors (Lipinski definition) is 1. The number of carboxylic acid groups (broad SMARTS) is 1. The molecule has 0 aliphatic heterocycles. The fourth-order valence-electron chi connectivity index (χ4n) is 0.983. The molecule has 0 spiro atoms. The third-order valence-corrected chi connectivity index (χ3v) is 1.70. The maximum Gasteiger partial charge on any atom is 0.303 e. The Morgan fingerprint density at radius 3 is 2.93 bits per heavy atom. The summed E-state index contributed by atoms with van der Waals surface area (Å²) in [6.45, 7) is 0.609. The van der Waals surface area contributed by atoms with E-state index >= 15 is 0 Å². The molecule has 1 heterocycles. The predicted molar refractivity (Wildman–Crippen MR) is 50.0 cm³/mol. The second kappa shape index (κ2) is 5.11. The van der Waals surface area contributed by atoms with Crippen molar-refractivity contribution in [3.63, 3.8) is 0 Å². The summed E-state index contributed by atoms with van der Waals surface area (Å²) < 4.78 is 0. The number of anilines is 1. The van der Waals surface area contributed by atoms with E-state index in [0.717, 1.165) is 0 Å². The molecular formula is C8H12N4O2. The molecule has 1 aromatic heterocycles. The van der Waals surface area contributed by atoms with E-state index < -0.39 is 5.97 Å². The van der Waals surface area contributed by atoms with Gasteiger partial charge in [-0.25, -0.2) is 4.98 Å². The molecule has 6 heteroatoms. The van der Waals surface area contributed by atoms with Gasteiger partial charge in [0.15, 0.2) is 0 Å². The van der Waals surface area contributed by atoms with Crippen molar-refractivity contribution >= 4 is 11.9 Å². The molecule has 0 saturated heterocycles. The minimum absolute atomic E-state index is 0.157. The number of nitrogens with zero attached hydrogens (tertiary/aromatic N) is 4. The van der Waals surface area contributed by atoms with Gasteiger partial charge in [-0.3, -0.25) is 4.79 Å². The molecule has 0 radical (unpaired) electrons. The fourth-order valence-corrected chi connectivity index (χ4v) is 0.983. The number of aliphatic carboxylic acids is 1. The largest absolute Gasteiger partial charge is 0.481 e. The highest BCUT2D eigenvalue weighted by Gasteiger charge is 2.04. The fraction of sp³-hybridized carbons (Fsp3) is 0.500. The standard InChI is InChI=1S/C8H12N4O2/c1-12(6-2-3-7(13)14)8-9-4-5-10-11-8/h4-5H,2-3,6H2,1H3,(H,13,14). The van der Waals surface area contributed by atoms with Gasteiger partial charge in [-0.2, -0.15) is 5.10 Å². The van der Waals surface area contributed by atoms with Crippen LogP contribution in [0.25, 0.3) is 0 Å². The molecule has 1 N–H and O–H groups in total. The Balaban J connectivity index is 2.36. The van der Waals surface area contributed by atoms with E-state index in [1.807, 2.05) is 0 Å². The Kier molecular flexibility index (Phi) is 3.78. The number of hydrogen-bond acceptors (Lipinski definition) is 5. The minimum atomic E-state index is -0.787. The summed E-state index contributed by atoms with van der Waals surface area (Å²) in [4.78, 5) is 16.0. The van der Waals surface area contributed by atoms with Crippen LogP contribution >= 0.6 is 0 Å². The number of rotatable bonds is 5. The van der Waals surface area contributed by atoms with Crippen molar-refractivity contribution in [1.82, 2.24) is 15.2 Å². The number of aromatic nitrogens is 3. The zero-order valence-corrected chi connectivity index (χ0v) is 7.92. The van der Waals surface area contributed by atoms with Gasteiger partial charge in [0.2, 0.25) is 5.95 Å². The first kappa shape index (κ1) is 10.4. The first-order valence-electron chi connectivity index (χ1n) is 4.27. The van der Waals surface area contributed by atoms with Crippen LogP contribution in [0.5, 0.6) is 0 Å². The molecule has 6 nitrogen and oxygen atoms in total. The quantitative estimate of drug-likeness (QED) is 0.723. The summed E-state index contributed by atoms with van der Waals surface area (Å²) in [6, 6.07) is 0. The van der Waals surface area contributed by atoms with Gasteiger partial charge in [-0.15, -0.1) is 5.10 Å². The third kappa shape index (κ3) is 3.34. The third-order valence-electron chi connectivity index (χ3n) is 1.70. The molecule has 1 aromatic rings. The van der Waals surface area contributed by atoms with Crippen LogP contribution in [0.3, 0.4) is 0 Å². The molecule has 1 rings (SSSR count). The maximum absolute atomic E-state index is 10.3. The summed E-state index contributed by atoms with van der Waals surface area (Å²) in [5, 5.41) is 15.9. The smallest absolute Gasteiger partial charge is 0.303 e. The lowest BCUT2D eigenvalue weighted by atomic mass is 10.3. The lowest BCUT2D eigenvalue weighted by Crippen LogP contribution is -2.21. The van der Waals surface area contributed by atoms with E-state index in [4.69, 9.17) is 5.11 Å². The van der Waals surface area contributed by atoms with Gasteiger partial charge < -0.3 is 10.0 Å². The molecule has 0 unspecified atom stereocenters. The van der Waals surface area contributed by atoms with Crippen LogP contribution in [0.2, 0.25) is 0 Å². The van der Waals surface area contributed by atoms with Gasteiger partial charge in [0.25, 0.3) is 0 Å².